The van der Waals surface area contributed by atoms with Crippen LogP contribution in [0.3, 0.4) is 0 Å². The Bertz CT molecular complexity index is 547. The number of halogens is 1. The van der Waals surface area contributed by atoms with Gasteiger partial charge in [-0.3, -0.25) is 0 Å². The molecule has 2 aromatic rings. The van der Waals surface area contributed by atoms with Gasteiger partial charge >= 0.3 is 120 Å². The number of benzene rings is 2. The van der Waals surface area contributed by atoms with Gasteiger partial charge in [-0.2, -0.15) is 0 Å². The summed E-state index contributed by atoms with van der Waals surface area (Å²) in [7, 11) is 1.76. The number of hydrogen-bond acceptors (Lipinski definition) is 1. The summed E-state index contributed by atoms with van der Waals surface area (Å²) in [6.07, 6.45) is 0. The van der Waals surface area contributed by atoms with Crippen molar-refractivity contribution in [2.24, 2.45) is 0 Å². The molecular formula is C16H18IO-. The molecule has 0 saturated heterocycles. The quantitative estimate of drug-likeness (QED) is 0.740. The molecule has 0 unspecified atom stereocenters. The molecule has 0 spiro atoms. The van der Waals surface area contributed by atoms with Crippen LogP contribution in [0.2, 0.25) is 0 Å². The van der Waals surface area contributed by atoms with E-state index in [4.69, 9.17) is 4.74 Å². The first-order chi connectivity index (χ1) is 8.63. The predicted molar refractivity (Wildman–Crippen MR) is 71.0 cm³/mol. The number of hydrogen-bond donors (Lipinski definition) is 0. The van der Waals surface area contributed by atoms with Gasteiger partial charge in [0.05, 0.1) is 0 Å². The third-order valence-corrected chi connectivity index (χ3v) is 6.49. The monoisotopic (exact) mass is 353 g/mol. The second kappa shape index (κ2) is 5.74. The van der Waals surface area contributed by atoms with Crippen LogP contribution < -0.4 is 25.9 Å². The van der Waals surface area contributed by atoms with Crippen LogP contribution >= 0.6 is 0 Å². The van der Waals surface area contributed by atoms with Crippen molar-refractivity contribution in [2.75, 3.05) is 7.11 Å². The van der Waals surface area contributed by atoms with E-state index in [9.17, 15) is 0 Å². The van der Waals surface area contributed by atoms with Gasteiger partial charge in [-0.05, 0) is 0 Å². The number of aryl methyl sites for hydroxylation is 2. The van der Waals surface area contributed by atoms with Crippen LogP contribution in [0.25, 0.3) is 0 Å². The fourth-order valence-electron chi connectivity index (χ4n) is 2.19. The van der Waals surface area contributed by atoms with Crippen molar-refractivity contribution in [2.45, 2.75) is 20.8 Å². The average molecular weight is 353 g/mol. The summed E-state index contributed by atoms with van der Waals surface area (Å²) in [5.74, 6) is 1.05. The molecule has 18 heavy (non-hydrogen) atoms. The van der Waals surface area contributed by atoms with E-state index in [1.165, 1.54) is 23.8 Å². The Labute approximate surface area is 119 Å². The first-order valence-electron chi connectivity index (χ1n) is 5.98. The van der Waals surface area contributed by atoms with Crippen molar-refractivity contribution in [1.82, 2.24) is 0 Å². The van der Waals surface area contributed by atoms with Gasteiger partial charge in [0.1, 0.15) is 0 Å². The first-order valence-corrected chi connectivity index (χ1v) is 8.14. The molecule has 0 atom stereocenters. The van der Waals surface area contributed by atoms with Gasteiger partial charge in [0, 0.05) is 0 Å². The van der Waals surface area contributed by atoms with Crippen LogP contribution in [0.4, 0.5) is 0 Å². The van der Waals surface area contributed by atoms with E-state index >= 15 is 0 Å². The van der Waals surface area contributed by atoms with E-state index in [1.807, 2.05) is 0 Å². The Morgan fingerprint density at radius 3 is 2.22 bits per heavy atom. The van der Waals surface area contributed by atoms with E-state index in [-0.39, 0.29) is 21.2 Å². The van der Waals surface area contributed by atoms with Crippen molar-refractivity contribution < 1.29 is 25.9 Å². The van der Waals surface area contributed by atoms with E-state index in [0.717, 1.165) is 5.75 Å². The molecule has 1 nitrogen and oxygen atoms in total. The van der Waals surface area contributed by atoms with Gasteiger partial charge < -0.3 is 0 Å². The summed E-state index contributed by atoms with van der Waals surface area (Å²) >= 11 is -0.130. The molecule has 2 rings (SSSR count). The Balaban J connectivity index is 2.45. The molecule has 0 radical (unpaired) electrons. The van der Waals surface area contributed by atoms with E-state index in [1.54, 1.807) is 7.11 Å². The molecule has 0 aliphatic rings. The van der Waals surface area contributed by atoms with Crippen molar-refractivity contribution >= 4 is 0 Å². The minimum atomic E-state index is -0.130. The van der Waals surface area contributed by atoms with Gasteiger partial charge in [0.25, 0.3) is 0 Å². The van der Waals surface area contributed by atoms with Gasteiger partial charge in [-0.1, -0.05) is 0 Å². The number of methoxy groups -OCH3 is 1. The van der Waals surface area contributed by atoms with Crippen molar-refractivity contribution in [3.05, 3.63) is 60.2 Å². The molecule has 2 heteroatoms. The van der Waals surface area contributed by atoms with Crippen molar-refractivity contribution in [3.63, 3.8) is 0 Å². The van der Waals surface area contributed by atoms with Crippen LogP contribution in [0.1, 0.15) is 16.7 Å². The summed E-state index contributed by atoms with van der Waals surface area (Å²) in [5, 5.41) is 0. The summed E-state index contributed by atoms with van der Waals surface area (Å²) < 4.78 is 8.47. The molecule has 0 aliphatic carbocycles. The zero-order chi connectivity index (χ0) is 13.1. The normalized spacial score (nSPS) is 10.7. The summed E-state index contributed by atoms with van der Waals surface area (Å²) in [6.45, 7) is 6.50. The first kappa shape index (κ1) is 13.4. The molecule has 0 saturated carbocycles. The standard InChI is InChI=1S/C16H18IO/c1-11-10-12(2)16(18-4)13(3)15(11)17-14-8-6-5-7-9-14/h5-10H,1-4H3/q-1. The second-order valence-corrected chi connectivity index (χ2v) is 7.24. The summed E-state index contributed by atoms with van der Waals surface area (Å²) in [6, 6.07) is 13.0. The molecule has 0 aromatic heterocycles. The van der Waals surface area contributed by atoms with Crippen LogP contribution in [-0.2, 0) is 0 Å². The zero-order valence-electron chi connectivity index (χ0n) is 11.3. The van der Waals surface area contributed by atoms with E-state index in [2.05, 4.69) is 57.2 Å². The van der Waals surface area contributed by atoms with E-state index in [0.29, 0.717) is 0 Å². The maximum absolute atomic E-state index is 5.53. The maximum atomic E-state index is 5.53. The van der Waals surface area contributed by atoms with Crippen LogP contribution in [-0.4, -0.2) is 7.11 Å². The average Bonchev–Trinajstić information content (AvgIpc) is 2.36. The molecule has 0 fully saturated rings. The Hall–Kier alpha value is -1.03. The molecule has 0 N–H and O–H groups in total. The topological polar surface area (TPSA) is 9.23 Å². The molecule has 96 valence electrons. The Morgan fingerprint density at radius 2 is 1.61 bits per heavy atom. The van der Waals surface area contributed by atoms with Gasteiger partial charge in [0.15, 0.2) is 0 Å². The third kappa shape index (κ3) is 2.69. The van der Waals surface area contributed by atoms with Gasteiger partial charge in [-0.25, -0.2) is 0 Å². The fraction of sp³-hybridized carbons (Fsp3) is 0.250. The molecule has 2 aromatic carbocycles. The van der Waals surface area contributed by atoms with Crippen molar-refractivity contribution in [1.29, 1.82) is 0 Å². The van der Waals surface area contributed by atoms with Crippen LogP contribution in [0.5, 0.6) is 5.75 Å². The molecule has 0 aliphatic heterocycles. The zero-order valence-corrected chi connectivity index (χ0v) is 13.4. The second-order valence-electron chi connectivity index (χ2n) is 4.37. The SMILES string of the molecule is COc1c(C)cc(C)c([I-]c2ccccc2)c1C. The summed E-state index contributed by atoms with van der Waals surface area (Å²) in [4.78, 5) is 0. The molecular weight excluding hydrogens is 335 g/mol. The Morgan fingerprint density at radius 1 is 0.944 bits per heavy atom. The van der Waals surface area contributed by atoms with Crippen molar-refractivity contribution in [3.8, 4) is 5.75 Å². The van der Waals surface area contributed by atoms with Crippen LogP contribution in [0.15, 0.2) is 36.4 Å². The number of rotatable bonds is 3. The fourth-order valence-corrected chi connectivity index (χ4v) is 4.82. The minimum absolute atomic E-state index is 0.130. The molecule has 0 bridgehead atoms. The van der Waals surface area contributed by atoms with Crippen LogP contribution in [0, 0.1) is 27.9 Å². The third-order valence-electron chi connectivity index (χ3n) is 2.95. The van der Waals surface area contributed by atoms with Gasteiger partial charge in [-0.15, -0.1) is 0 Å². The van der Waals surface area contributed by atoms with Gasteiger partial charge in [0.2, 0.25) is 0 Å². The van der Waals surface area contributed by atoms with E-state index < -0.39 is 0 Å². The molecule has 0 amide bonds. The Kier molecular flexibility index (Phi) is 4.27. The number of ether oxygens (including phenoxy) is 1. The summed E-state index contributed by atoms with van der Waals surface area (Å²) in [5.41, 5.74) is 3.93. The predicted octanol–water partition coefficient (Wildman–Crippen LogP) is 0.749. The molecule has 0 heterocycles.